The number of hydrogen-bond acceptors (Lipinski definition) is 4. The van der Waals surface area contributed by atoms with Gasteiger partial charge in [0.1, 0.15) is 0 Å². The van der Waals surface area contributed by atoms with Crippen LogP contribution in [0.5, 0.6) is 0 Å². The van der Waals surface area contributed by atoms with Crippen LogP contribution in [0.4, 0.5) is 5.69 Å². The molecule has 2 aromatic rings. The third-order valence-electron chi connectivity index (χ3n) is 4.31. The molecule has 2 N–H and O–H groups in total. The summed E-state index contributed by atoms with van der Waals surface area (Å²) >= 11 is 0. The maximum Gasteiger partial charge on any atom is 0.261 e. The van der Waals surface area contributed by atoms with Crippen LogP contribution in [-0.2, 0) is 14.8 Å². The average Bonchev–Trinajstić information content (AvgIpc) is 3.15. The van der Waals surface area contributed by atoms with Crippen molar-refractivity contribution in [2.24, 2.45) is 0 Å². The fourth-order valence-electron chi connectivity index (χ4n) is 2.81. The first-order chi connectivity index (χ1) is 12.5. The minimum absolute atomic E-state index is 0.0357. The molecule has 2 aromatic carbocycles. The van der Waals surface area contributed by atoms with E-state index in [2.05, 4.69) is 10.0 Å². The van der Waals surface area contributed by atoms with Crippen LogP contribution in [0.2, 0.25) is 0 Å². The van der Waals surface area contributed by atoms with E-state index in [1.54, 1.807) is 24.3 Å². The van der Waals surface area contributed by atoms with Gasteiger partial charge in [-0.2, -0.15) is 0 Å². The van der Waals surface area contributed by atoms with E-state index < -0.39 is 10.0 Å². The highest BCUT2D eigenvalue weighted by molar-refractivity contribution is 7.92. The van der Waals surface area contributed by atoms with E-state index in [0.717, 1.165) is 25.0 Å². The second kappa shape index (κ2) is 7.88. The van der Waals surface area contributed by atoms with E-state index in [-0.39, 0.29) is 16.9 Å². The van der Waals surface area contributed by atoms with Crippen LogP contribution in [0.15, 0.2) is 53.4 Å². The Kier molecular flexibility index (Phi) is 5.58. The van der Waals surface area contributed by atoms with Crippen molar-refractivity contribution in [3.8, 4) is 0 Å². The molecule has 1 aliphatic rings. The highest BCUT2D eigenvalue weighted by Crippen LogP contribution is 2.20. The zero-order valence-corrected chi connectivity index (χ0v) is 15.4. The second-order valence-corrected chi connectivity index (χ2v) is 7.98. The van der Waals surface area contributed by atoms with Gasteiger partial charge in [-0.15, -0.1) is 0 Å². The number of rotatable bonds is 6. The molecule has 1 heterocycles. The fraction of sp³-hybridized carbons (Fsp3) is 0.316. The van der Waals surface area contributed by atoms with E-state index in [0.29, 0.717) is 17.8 Å². The van der Waals surface area contributed by atoms with Crippen LogP contribution < -0.4 is 10.0 Å². The molecule has 1 fully saturated rings. The molecule has 26 heavy (non-hydrogen) atoms. The molecule has 0 unspecified atom stereocenters. The summed E-state index contributed by atoms with van der Waals surface area (Å²) in [6, 6.07) is 13.1. The van der Waals surface area contributed by atoms with Crippen molar-refractivity contribution in [3.63, 3.8) is 0 Å². The molecule has 0 spiro atoms. The highest BCUT2D eigenvalue weighted by Gasteiger charge is 2.19. The van der Waals surface area contributed by atoms with E-state index in [1.807, 2.05) is 19.1 Å². The van der Waals surface area contributed by atoms with Crippen LogP contribution >= 0.6 is 0 Å². The molecule has 1 amide bonds. The Labute approximate surface area is 153 Å². The van der Waals surface area contributed by atoms with Crippen LogP contribution in [0.3, 0.4) is 0 Å². The number of para-hydroxylation sites is 1. The van der Waals surface area contributed by atoms with Gasteiger partial charge < -0.3 is 10.1 Å². The Morgan fingerprint density at radius 1 is 1.19 bits per heavy atom. The lowest BCUT2D eigenvalue weighted by atomic mass is 10.2. The predicted molar refractivity (Wildman–Crippen MR) is 99.7 cm³/mol. The van der Waals surface area contributed by atoms with Crippen LogP contribution in [-0.4, -0.2) is 33.6 Å². The number of sulfonamides is 1. The third kappa shape index (κ3) is 4.42. The molecule has 1 atom stereocenters. The maximum absolute atomic E-state index is 12.6. The second-order valence-electron chi connectivity index (χ2n) is 6.29. The molecule has 0 aromatic heterocycles. The number of benzene rings is 2. The van der Waals surface area contributed by atoms with Gasteiger partial charge in [-0.1, -0.05) is 24.3 Å². The lowest BCUT2D eigenvalue weighted by molar-refractivity contribution is 0.0857. The van der Waals surface area contributed by atoms with Crippen molar-refractivity contribution in [1.29, 1.82) is 0 Å². The molecule has 0 bridgehead atoms. The van der Waals surface area contributed by atoms with Gasteiger partial charge >= 0.3 is 0 Å². The minimum atomic E-state index is -3.78. The van der Waals surface area contributed by atoms with Gasteiger partial charge in [-0.25, -0.2) is 8.42 Å². The first kappa shape index (κ1) is 18.4. The molecule has 138 valence electrons. The molecule has 7 heteroatoms. The molecule has 3 rings (SSSR count). The molecule has 0 saturated carbocycles. The summed E-state index contributed by atoms with van der Waals surface area (Å²) < 4.78 is 33.3. The van der Waals surface area contributed by atoms with Gasteiger partial charge in [0, 0.05) is 18.7 Å². The summed E-state index contributed by atoms with van der Waals surface area (Å²) in [5.74, 6) is -0.312. The zero-order chi connectivity index (χ0) is 18.6. The Bertz CT molecular complexity index is 890. The Balaban J connectivity index is 1.73. The van der Waals surface area contributed by atoms with Crippen molar-refractivity contribution in [2.45, 2.75) is 30.8 Å². The van der Waals surface area contributed by atoms with Crippen LogP contribution in [0.1, 0.15) is 28.8 Å². The van der Waals surface area contributed by atoms with E-state index in [4.69, 9.17) is 4.74 Å². The molecule has 0 radical (unpaired) electrons. The Morgan fingerprint density at radius 3 is 2.73 bits per heavy atom. The number of nitrogens with one attached hydrogen (secondary N) is 2. The molecular weight excluding hydrogens is 352 g/mol. The van der Waals surface area contributed by atoms with Gasteiger partial charge in [0.15, 0.2) is 0 Å². The van der Waals surface area contributed by atoms with Crippen molar-refractivity contribution in [1.82, 2.24) is 5.32 Å². The smallest absolute Gasteiger partial charge is 0.261 e. The van der Waals surface area contributed by atoms with Gasteiger partial charge in [-0.3, -0.25) is 9.52 Å². The number of aryl methyl sites for hydroxylation is 1. The summed E-state index contributed by atoms with van der Waals surface area (Å²) in [4.78, 5) is 12.4. The normalized spacial score (nSPS) is 17.0. The predicted octanol–water partition coefficient (Wildman–Crippen LogP) is 2.70. The van der Waals surface area contributed by atoms with E-state index in [9.17, 15) is 13.2 Å². The van der Waals surface area contributed by atoms with Crippen LogP contribution in [0, 0.1) is 6.92 Å². The molecule has 6 nitrogen and oxygen atoms in total. The summed E-state index contributed by atoms with van der Waals surface area (Å²) in [6.07, 6.45) is 1.96. The number of anilines is 1. The number of hydrogen-bond donors (Lipinski definition) is 2. The summed E-state index contributed by atoms with van der Waals surface area (Å²) in [7, 11) is -3.78. The fourth-order valence-corrected chi connectivity index (χ4v) is 3.99. The molecule has 1 saturated heterocycles. The largest absolute Gasteiger partial charge is 0.376 e. The van der Waals surface area contributed by atoms with Gasteiger partial charge in [-0.05, 0) is 49.6 Å². The Hall–Kier alpha value is -2.38. The first-order valence-corrected chi connectivity index (χ1v) is 10.0. The highest BCUT2D eigenvalue weighted by atomic mass is 32.2. The van der Waals surface area contributed by atoms with E-state index >= 15 is 0 Å². The number of amides is 1. The standard InChI is InChI=1S/C19H22N2O4S/c1-14-6-2-3-10-18(14)21-26(23,24)17-9-4-7-15(12-17)19(22)20-13-16-8-5-11-25-16/h2-4,6-7,9-10,12,16,21H,5,8,11,13H2,1H3,(H,20,22)/t16-/m0/s1. The van der Waals surface area contributed by atoms with Gasteiger partial charge in [0.05, 0.1) is 16.7 Å². The van der Waals surface area contributed by atoms with E-state index in [1.165, 1.54) is 12.1 Å². The van der Waals surface area contributed by atoms with Gasteiger partial charge in [0.2, 0.25) is 0 Å². The average molecular weight is 374 g/mol. The molecule has 1 aliphatic heterocycles. The lowest BCUT2D eigenvalue weighted by Gasteiger charge is -2.13. The maximum atomic E-state index is 12.6. The third-order valence-corrected chi connectivity index (χ3v) is 5.67. The SMILES string of the molecule is Cc1ccccc1NS(=O)(=O)c1cccc(C(=O)NC[C@@H]2CCCO2)c1. The number of carbonyl (C=O) groups is 1. The summed E-state index contributed by atoms with van der Waals surface area (Å²) in [6.45, 7) is 2.98. The Morgan fingerprint density at radius 2 is 2.00 bits per heavy atom. The number of ether oxygens (including phenoxy) is 1. The van der Waals surface area contributed by atoms with Gasteiger partial charge in [0.25, 0.3) is 15.9 Å². The van der Waals surface area contributed by atoms with Crippen molar-refractivity contribution in [2.75, 3.05) is 17.9 Å². The first-order valence-electron chi connectivity index (χ1n) is 8.54. The topological polar surface area (TPSA) is 84.5 Å². The summed E-state index contributed by atoms with van der Waals surface area (Å²) in [5, 5.41) is 2.80. The molecule has 0 aliphatic carbocycles. The lowest BCUT2D eigenvalue weighted by Crippen LogP contribution is -2.31. The van der Waals surface area contributed by atoms with Crippen molar-refractivity contribution >= 4 is 21.6 Å². The number of carbonyl (C=O) groups excluding carboxylic acids is 1. The van der Waals surface area contributed by atoms with Crippen molar-refractivity contribution < 1.29 is 17.9 Å². The zero-order valence-electron chi connectivity index (χ0n) is 14.6. The monoisotopic (exact) mass is 374 g/mol. The van der Waals surface area contributed by atoms with Crippen molar-refractivity contribution in [3.05, 3.63) is 59.7 Å². The van der Waals surface area contributed by atoms with Crippen LogP contribution in [0.25, 0.3) is 0 Å². The summed E-state index contributed by atoms with van der Waals surface area (Å²) in [5.41, 5.74) is 1.64. The quantitative estimate of drug-likeness (QED) is 0.814. The minimum Gasteiger partial charge on any atom is -0.376 e. The molecular formula is C19H22N2O4S.